The Morgan fingerprint density at radius 1 is 1.38 bits per heavy atom. The first-order valence-corrected chi connectivity index (χ1v) is 4.57. The quantitative estimate of drug-likeness (QED) is 0.724. The minimum absolute atomic E-state index is 0.183. The molecule has 1 aromatic heterocycles. The predicted octanol–water partition coefficient (Wildman–Crippen LogP) is 3.26. The maximum Gasteiger partial charge on any atom is 0.125 e. The van der Waals surface area contributed by atoms with Gasteiger partial charge in [0.05, 0.1) is 0 Å². The number of benzene rings is 1. The molecule has 0 saturated heterocycles. The van der Waals surface area contributed by atoms with Crippen molar-refractivity contribution in [2.45, 2.75) is 19.8 Å². The molecule has 0 radical (unpaired) electrons. The topological polar surface area (TPSA) is 15.8 Å². The Hall–Kier alpha value is -1.31. The maximum atomic E-state index is 12.8. The van der Waals surface area contributed by atoms with Gasteiger partial charge in [-0.25, -0.2) is 4.39 Å². The molecule has 1 heterocycles. The van der Waals surface area contributed by atoms with Gasteiger partial charge in [-0.15, -0.1) is 0 Å². The van der Waals surface area contributed by atoms with Gasteiger partial charge in [0.2, 0.25) is 0 Å². The van der Waals surface area contributed by atoms with Gasteiger partial charge >= 0.3 is 0 Å². The molecular weight excluding hydrogens is 165 g/mol. The molecule has 0 unspecified atom stereocenters. The second-order valence-electron chi connectivity index (χ2n) is 3.25. The van der Waals surface area contributed by atoms with Crippen LogP contribution in [0.4, 0.5) is 4.39 Å². The predicted molar refractivity (Wildman–Crippen MR) is 52.3 cm³/mol. The summed E-state index contributed by atoms with van der Waals surface area (Å²) in [5.74, 6) is -0.183. The molecule has 1 nitrogen and oxygen atoms in total. The second kappa shape index (κ2) is 3.21. The molecule has 13 heavy (non-hydrogen) atoms. The van der Waals surface area contributed by atoms with E-state index in [0.29, 0.717) is 0 Å². The Morgan fingerprint density at radius 2 is 2.23 bits per heavy atom. The molecule has 1 aromatic carbocycles. The van der Waals surface area contributed by atoms with Crippen LogP contribution in [0.15, 0.2) is 24.4 Å². The minimum Gasteiger partial charge on any atom is -0.361 e. The highest BCUT2D eigenvalue weighted by Gasteiger charge is 2.02. The van der Waals surface area contributed by atoms with Gasteiger partial charge in [-0.05, 0) is 30.2 Å². The molecule has 1 N–H and O–H groups in total. The van der Waals surface area contributed by atoms with Gasteiger partial charge in [-0.1, -0.05) is 13.3 Å². The summed E-state index contributed by atoms with van der Waals surface area (Å²) in [5.41, 5.74) is 2.17. The van der Waals surface area contributed by atoms with Crippen LogP contribution in [-0.2, 0) is 6.42 Å². The van der Waals surface area contributed by atoms with Gasteiger partial charge in [0, 0.05) is 17.1 Å². The third-order valence-corrected chi connectivity index (χ3v) is 2.25. The monoisotopic (exact) mass is 177 g/mol. The number of halogens is 1. The van der Waals surface area contributed by atoms with E-state index in [1.807, 2.05) is 12.3 Å². The number of aryl methyl sites for hydroxylation is 1. The molecule has 0 fully saturated rings. The van der Waals surface area contributed by atoms with Crippen LogP contribution >= 0.6 is 0 Å². The van der Waals surface area contributed by atoms with Crippen molar-refractivity contribution in [1.82, 2.24) is 4.98 Å². The highest BCUT2D eigenvalue weighted by molar-refractivity contribution is 5.83. The van der Waals surface area contributed by atoms with Crippen molar-refractivity contribution < 1.29 is 4.39 Å². The molecule has 0 aliphatic rings. The molecule has 0 saturated carbocycles. The Kier molecular flexibility index (Phi) is 2.05. The summed E-state index contributed by atoms with van der Waals surface area (Å²) >= 11 is 0. The first kappa shape index (κ1) is 8.30. The van der Waals surface area contributed by atoms with Gasteiger partial charge in [-0.2, -0.15) is 0 Å². The van der Waals surface area contributed by atoms with Crippen LogP contribution in [0.1, 0.15) is 18.9 Å². The fraction of sp³-hybridized carbons (Fsp3) is 0.273. The first-order chi connectivity index (χ1) is 6.31. The van der Waals surface area contributed by atoms with Crippen LogP contribution in [-0.4, -0.2) is 4.98 Å². The smallest absolute Gasteiger partial charge is 0.125 e. The summed E-state index contributed by atoms with van der Waals surface area (Å²) in [5, 5.41) is 1.14. The first-order valence-electron chi connectivity index (χ1n) is 4.57. The molecule has 0 aliphatic carbocycles. The molecule has 2 aromatic rings. The van der Waals surface area contributed by atoms with E-state index in [9.17, 15) is 4.39 Å². The summed E-state index contributed by atoms with van der Waals surface area (Å²) in [7, 11) is 0. The van der Waals surface area contributed by atoms with E-state index in [-0.39, 0.29) is 5.82 Å². The van der Waals surface area contributed by atoms with Crippen molar-refractivity contribution in [3.63, 3.8) is 0 Å². The largest absolute Gasteiger partial charge is 0.361 e. The maximum absolute atomic E-state index is 12.8. The van der Waals surface area contributed by atoms with Gasteiger partial charge in [0.1, 0.15) is 5.82 Å². The summed E-state index contributed by atoms with van der Waals surface area (Å²) in [4.78, 5) is 3.07. The average molecular weight is 177 g/mol. The zero-order valence-electron chi connectivity index (χ0n) is 7.60. The number of aromatic amines is 1. The van der Waals surface area contributed by atoms with Crippen LogP contribution in [0.25, 0.3) is 10.9 Å². The molecule has 0 spiro atoms. The lowest BCUT2D eigenvalue weighted by molar-refractivity contribution is 0.629. The molecule has 0 bridgehead atoms. The third-order valence-electron chi connectivity index (χ3n) is 2.25. The van der Waals surface area contributed by atoms with Gasteiger partial charge in [-0.3, -0.25) is 0 Å². The SMILES string of the molecule is CCCc1c[nH]c2cc(F)ccc12. The molecular formula is C11H12FN. The Labute approximate surface area is 76.6 Å². The van der Waals surface area contributed by atoms with E-state index < -0.39 is 0 Å². The van der Waals surface area contributed by atoms with Gasteiger partial charge in [0.25, 0.3) is 0 Å². The zero-order valence-corrected chi connectivity index (χ0v) is 7.60. The van der Waals surface area contributed by atoms with Crippen LogP contribution in [0, 0.1) is 5.82 Å². The van der Waals surface area contributed by atoms with Crippen molar-refractivity contribution in [3.05, 3.63) is 35.8 Å². The molecule has 68 valence electrons. The van der Waals surface area contributed by atoms with Crippen molar-refractivity contribution in [2.24, 2.45) is 0 Å². The number of aromatic nitrogens is 1. The Morgan fingerprint density at radius 3 is 3.00 bits per heavy atom. The van der Waals surface area contributed by atoms with E-state index in [4.69, 9.17) is 0 Å². The second-order valence-corrected chi connectivity index (χ2v) is 3.25. The highest BCUT2D eigenvalue weighted by atomic mass is 19.1. The highest BCUT2D eigenvalue weighted by Crippen LogP contribution is 2.20. The van der Waals surface area contributed by atoms with Crippen LogP contribution in [0.2, 0.25) is 0 Å². The standard InChI is InChI=1S/C11H12FN/c1-2-3-8-7-13-11-6-9(12)4-5-10(8)11/h4-7,13H,2-3H2,1H3. The van der Waals surface area contributed by atoms with E-state index in [1.54, 1.807) is 0 Å². The Bertz CT molecular complexity index is 417. The van der Waals surface area contributed by atoms with Crippen molar-refractivity contribution in [3.8, 4) is 0 Å². The van der Waals surface area contributed by atoms with Crippen LogP contribution in [0.3, 0.4) is 0 Å². The third kappa shape index (κ3) is 1.44. The van der Waals surface area contributed by atoms with Crippen molar-refractivity contribution in [1.29, 1.82) is 0 Å². The van der Waals surface area contributed by atoms with Crippen LogP contribution in [0.5, 0.6) is 0 Å². The van der Waals surface area contributed by atoms with Crippen molar-refractivity contribution >= 4 is 10.9 Å². The summed E-state index contributed by atoms with van der Waals surface area (Å²) in [6.45, 7) is 2.14. The fourth-order valence-electron chi connectivity index (χ4n) is 1.63. The average Bonchev–Trinajstić information content (AvgIpc) is 2.49. The normalized spacial score (nSPS) is 10.9. The number of nitrogens with one attached hydrogen (secondary N) is 1. The van der Waals surface area contributed by atoms with Gasteiger partial charge in [0.15, 0.2) is 0 Å². The van der Waals surface area contributed by atoms with E-state index >= 15 is 0 Å². The molecule has 0 aliphatic heterocycles. The van der Waals surface area contributed by atoms with E-state index in [0.717, 1.165) is 23.7 Å². The minimum atomic E-state index is -0.183. The zero-order chi connectivity index (χ0) is 9.26. The number of hydrogen-bond acceptors (Lipinski definition) is 0. The number of hydrogen-bond donors (Lipinski definition) is 1. The van der Waals surface area contributed by atoms with E-state index in [2.05, 4.69) is 11.9 Å². The summed E-state index contributed by atoms with van der Waals surface area (Å²) in [6, 6.07) is 4.88. The van der Waals surface area contributed by atoms with Crippen LogP contribution < -0.4 is 0 Å². The lowest BCUT2D eigenvalue weighted by Gasteiger charge is -1.94. The molecule has 0 atom stereocenters. The molecule has 2 rings (SSSR count). The number of fused-ring (bicyclic) bond motifs is 1. The lowest BCUT2D eigenvalue weighted by Crippen LogP contribution is -1.79. The summed E-state index contributed by atoms with van der Waals surface area (Å²) < 4.78 is 12.8. The van der Waals surface area contributed by atoms with Gasteiger partial charge < -0.3 is 4.98 Å². The van der Waals surface area contributed by atoms with E-state index in [1.165, 1.54) is 17.7 Å². The molecule has 0 amide bonds. The van der Waals surface area contributed by atoms with Crippen molar-refractivity contribution in [2.75, 3.05) is 0 Å². The summed E-state index contributed by atoms with van der Waals surface area (Å²) in [6.07, 6.45) is 4.13. The lowest BCUT2D eigenvalue weighted by atomic mass is 10.1. The fourth-order valence-corrected chi connectivity index (χ4v) is 1.63. The Balaban J connectivity index is 2.55. The number of H-pyrrole nitrogens is 1. The molecule has 2 heteroatoms. The number of rotatable bonds is 2.